The summed E-state index contributed by atoms with van der Waals surface area (Å²) in [6.07, 6.45) is 4.60. The van der Waals surface area contributed by atoms with Gasteiger partial charge in [-0.05, 0) is 38.3 Å². The lowest BCUT2D eigenvalue weighted by atomic mass is 9.95. The largest absolute Gasteiger partial charge is 0.355 e. The summed E-state index contributed by atoms with van der Waals surface area (Å²) in [6, 6.07) is 9.12. The third kappa shape index (κ3) is 5.72. The van der Waals surface area contributed by atoms with E-state index in [1.165, 1.54) is 0 Å². The highest BCUT2D eigenvalue weighted by molar-refractivity contribution is 5.92. The molecule has 0 bridgehead atoms. The van der Waals surface area contributed by atoms with E-state index < -0.39 is 6.04 Å². The molecule has 2 rings (SSSR count). The molecule has 1 atom stereocenters. The number of likely N-dealkylation sites (N-methyl/N-ethyl adjacent to an activating group) is 1. The minimum atomic E-state index is -0.545. The van der Waals surface area contributed by atoms with Gasteiger partial charge in [0.2, 0.25) is 17.7 Å². The molecule has 140 valence electrons. The fraction of sp³-hybridized carbons (Fsp3) is 0.450. The van der Waals surface area contributed by atoms with Gasteiger partial charge < -0.3 is 15.5 Å². The van der Waals surface area contributed by atoms with Crippen LogP contribution in [-0.2, 0) is 14.4 Å². The average Bonchev–Trinajstić information content (AvgIpc) is 2.67. The first-order chi connectivity index (χ1) is 12.5. The second-order valence-electron chi connectivity index (χ2n) is 6.47. The third-order valence-electron chi connectivity index (χ3n) is 4.50. The molecule has 6 heteroatoms. The summed E-state index contributed by atoms with van der Waals surface area (Å²) in [7, 11) is 0. The second kappa shape index (κ2) is 9.75. The van der Waals surface area contributed by atoms with Crippen LogP contribution in [0.3, 0.4) is 0 Å². The van der Waals surface area contributed by atoms with E-state index in [1.54, 1.807) is 24.0 Å². The molecule has 1 aromatic rings. The average molecular weight is 357 g/mol. The van der Waals surface area contributed by atoms with Crippen LogP contribution in [-0.4, -0.2) is 48.3 Å². The lowest BCUT2D eigenvalue weighted by Crippen LogP contribution is -2.49. The zero-order chi connectivity index (χ0) is 18.9. The number of hydrogen-bond acceptors (Lipinski definition) is 3. The zero-order valence-corrected chi connectivity index (χ0v) is 15.4. The summed E-state index contributed by atoms with van der Waals surface area (Å²) in [5.41, 5.74) is 0.981. The van der Waals surface area contributed by atoms with Gasteiger partial charge in [-0.1, -0.05) is 30.3 Å². The number of piperidine rings is 1. The van der Waals surface area contributed by atoms with Gasteiger partial charge in [0.1, 0.15) is 6.04 Å². The number of rotatable bonds is 6. The highest BCUT2D eigenvalue weighted by Gasteiger charge is 2.28. The highest BCUT2D eigenvalue weighted by Crippen LogP contribution is 2.18. The molecule has 1 heterocycles. The van der Waals surface area contributed by atoms with Crippen molar-refractivity contribution in [3.8, 4) is 0 Å². The molecular formula is C20H27N3O3. The van der Waals surface area contributed by atoms with Crippen molar-refractivity contribution in [1.29, 1.82) is 0 Å². The van der Waals surface area contributed by atoms with Gasteiger partial charge >= 0.3 is 0 Å². The topological polar surface area (TPSA) is 78.5 Å². The van der Waals surface area contributed by atoms with Gasteiger partial charge in [-0.2, -0.15) is 0 Å². The molecule has 0 unspecified atom stereocenters. The normalized spacial score (nSPS) is 16.3. The fourth-order valence-corrected chi connectivity index (χ4v) is 2.92. The van der Waals surface area contributed by atoms with Crippen LogP contribution in [0.2, 0.25) is 0 Å². The van der Waals surface area contributed by atoms with E-state index in [4.69, 9.17) is 0 Å². The molecule has 1 aliphatic rings. The molecule has 3 amide bonds. The standard InChI is InChI=1S/C20H27N3O3/c1-3-21-19(25)15(2)22-20(26)17-11-13-23(14-12-17)18(24)10-9-16-7-5-4-6-8-16/h4-10,15,17H,3,11-14H2,1-2H3,(H,21,25)(H,22,26)/b10-9+/t15-/m1/s1. The molecule has 0 spiro atoms. The van der Waals surface area contributed by atoms with Crippen molar-refractivity contribution in [3.63, 3.8) is 0 Å². The Hall–Kier alpha value is -2.63. The van der Waals surface area contributed by atoms with E-state index in [0.29, 0.717) is 32.5 Å². The Morgan fingerprint density at radius 1 is 1.19 bits per heavy atom. The highest BCUT2D eigenvalue weighted by atomic mass is 16.2. The quantitative estimate of drug-likeness (QED) is 0.759. The smallest absolute Gasteiger partial charge is 0.246 e. The zero-order valence-electron chi connectivity index (χ0n) is 15.4. The van der Waals surface area contributed by atoms with E-state index in [2.05, 4.69) is 10.6 Å². The summed E-state index contributed by atoms with van der Waals surface area (Å²) in [6.45, 7) is 5.15. The van der Waals surface area contributed by atoms with Crippen molar-refractivity contribution >= 4 is 23.8 Å². The molecule has 0 radical (unpaired) electrons. The number of amides is 3. The van der Waals surface area contributed by atoms with Crippen molar-refractivity contribution in [3.05, 3.63) is 42.0 Å². The lowest BCUT2D eigenvalue weighted by molar-refractivity contribution is -0.134. The Bertz CT molecular complexity index is 650. The van der Waals surface area contributed by atoms with Gasteiger partial charge in [0, 0.05) is 31.6 Å². The van der Waals surface area contributed by atoms with Crippen LogP contribution in [0.1, 0.15) is 32.3 Å². The summed E-state index contributed by atoms with van der Waals surface area (Å²) in [4.78, 5) is 38.0. The maximum absolute atomic E-state index is 12.3. The van der Waals surface area contributed by atoms with E-state index in [9.17, 15) is 14.4 Å². The van der Waals surface area contributed by atoms with Gasteiger partial charge in [0.05, 0.1) is 0 Å². The van der Waals surface area contributed by atoms with Crippen LogP contribution in [0.25, 0.3) is 6.08 Å². The summed E-state index contributed by atoms with van der Waals surface area (Å²) >= 11 is 0. The molecule has 0 saturated carbocycles. The number of carbonyl (C=O) groups excluding carboxylic acids is 3. The second-order valence-corrected chi connectivity index (χ2v) is 6.47. The number of benzene rings is 1. The molecule has 2 N–H and O–H groups in total. The maximum Gasteiger partial charge on any atom is 0.246 e. The van der Waals surface area contributed by atoms with Crippen molar-refractivity contribution in [2.45, 2.75) is 32.7 Å². The Morgan fingerprint density at radius 2 is 1.85 bits per heavy atom. The third-order valence-corrected chi connectivity index (χ3v) is 4.50. The van der Waals surface area contributed by atoms with E-state index in [1.807, 2.05) is 37.3 Å². The Morgan fingerprint density at radius 3 is 2.46 bits per heavy atom. The number of likely N-dealkylation sites (tertiary alicyclic amines) is 1. The Balaban J connectivity index is 1.79. The van der Waals surface area contributed by atoms with E-state index >= 15 is 0 Å². The van der Waals surface area contributed by atoms with Gasteiger partial charge in [-0.15, -0.1) is 0 Å². The van der Waals surface area contributed by atoms with Crippen LogP contribution in [0, 0.1) is 5.92 Å². The molecule has 1 saturated heterocycles. The number of nitrogens with one attached hydrogen (secondary N) is 2. The van der Waals surface area contributed by atoms with Gasteiger partial charge in [0.25, 0.3) is 0 Å². The summed E-state index contributed by atoms with van der Waals surface area (Å²) in [5, 5.41) is 5.45. The maximum atomic E-state index is 12.3. The first-order valence-corrected chi connectivity index (χ1v) is 9.11. The fourth-order valence-electron chi connectivity index (χ4n) is 2.92. The predicted octanol–water partition coefficient (Wildman–Crippen LogP) is 1.58. The number of nitrogens with zero attached hydrogens (tertiary/aromatic N) is 1. The minimum Gasteiger partial charge on any atom is -0.355 e. The minimum absolute atomic E-state index is 0.0385. The Kier molecular flexibility index (Phi) is 7.38. The predicted molar refractivity (Wildman–Crippen MR) is 101 cm³/mol. The van der Waals surface area contributed by atoms with Crippen LogP contribution < -0.4 is 10.6 Å². The van der Waals surface area contributed by atoms with Gasteiger partial charge in [0.15, 0.2) is 0 Å². The SMILES string of the molecule is CCNC(=O)[C@@H](C)NC(=O)C1CCN(C(=O)/C=C/c2ccccc2)CC1. The molecule has 1 aliphatic heterocycles. The molecule has 26 heavy (non-hydrogen) atoms. The van der Waals surface area contributed by atoms with Crippen LogP contribution in [0.4, 0.5) is 0 Å². The number of hydrogen-bond donors (Lipinski definition) is 2. The molecule has 1 fully saturated rings. The first-order valence-electron chi connectivity index (χ1n) is 9.11. The Labute approximate surface area is 154 Å². The van der Waals surface area contributed by atoms with Crippen molar-refractivity contribution in [2.24, 2.45) is 5.92 Å². The number of carbonyl (C=O) groups is 3. The molecule has 1 aromatic carbocycles. The monoisotopic (exact) mass is 357 g/mol. The van der Waals surface area contributed by atoms with Crippen molar-refractivity contribution < 1.29 is 14.4 Å². The van der Waals surface area contributed by atoms with Crippen LogP contribution in [0.15, 0.2) is 36.4 Å². The van der Waals surface area contributed by atoms with Crippen LogP contribution in [0.5, 0.6) is 0 Å². The molecular weight excluding hydrogens is 330 g/mol. The van der Waals surface area contributed by atoms with Crippen molar-refractivity contribution in [1.82, 2.24) is 15.5 Å². The molecule has 0 aromatic heterocycles. The summed E-state index contributed by atoms with van der Waals surface area (Å²) < 4.78 is 0. The van der Waals surface area contributed by atoms with Crippen LogP contribution >= 0.6 is 0 Å². The molecule has 6 nitrogen and oxygen atoms in total. The van der Waals surface area contributed by atoms with Gasteiger partial charge in [-0.25, -0.2) is 0 Å². The summed E-state index contributed by atoms with van der Waals surface area (Å²) in [5.74, 6) is -0.493. The van der Waals surface area contributed by atoms with E-state index in [-0.39, 0.29) is 23.6 Å². The lowest BCUT2D eigenvalue weighted by Gasteiger charge is -2.31. The van der Waals surface area contributed by atoms with Gasteiger partial charge in [-0.3, -0.25) is 14.4 Å². The van der Waals surface area contributed by atoms with E-state index in [0.717, 1.165) is 5.56 Å². The van der Waals surface area contributed by atoms with Crippen molar-refractivity contribution in [2.75, 3.05) is 19.6 Å². The first kappa shape index (κ1) is 19.7. The molecule has 0 aliphatic carbocycles.